The minimum absolute atomic E-state index is 0.250. The van der Waals surface area contributed by atoms with Crippen molar-refractivity contribution in [1.29, 1.82) is 0 Å². The van der Waals surface area contributed by atoms with Crippen molar-refractivity contribution >= 4 is 23.6 Å². The Kier molecular flexibility index (Phi) is 7.61. The first-order valence-electron chi connectivity index (χ1n) is 8.08. The minimum atomic E-state index is -0.498. The Morgan fingerprint density at radius 3 is 2.28 bits per heavy atom. The molecule has 7 nitrogen and oxygen atoms in total. The summed E-state index contributed by atoms with van der Waals surface area (Å²) in [4.78, 5) is 32.3. The molecular formula is C18H26N2O5. The molecule has 1 saturated heterocycles. The Morgan fingerprint density at radius 2 is 1.76 bits per heavy atom. The van der Waals surface area contributed by atoms with Crippen LogP contribution >= 0.6 is 0 Å². The van der Waals surface area contributed by atoms with E-state index in [2.05, 4.69) is 11.0 Å². The summed E-state index contributed by atoms with van der Waals surface area (Å²) in [6, 6.07) is 6.16. The van der Waals surface area contributed by atoms with Gasteiger partial charge < -0.3 is 14.4 Å². The molecule has 0 N–H and O–H groups in total. The average Bonchev–Trinajstić information content (AvgIpc) is 2.53. The van der Waals surface area contributed by atoms with Gasteiger partial charge in [-0.05, 0) is 51.5 Å². The van der Waals surface area contributed by atoms with Crippen LogP contribution in [0.3, 0.4) is 0 Å². The summed E-state index contributed by atoms with van der Waals surface area (Å²) < 4.78 is 10.8. The number of carbonyl (C=O) groups is 1. The Hall–Kier alpha value is -2.37. The molecule has 1 fully saturated rings. The summed E-state index contributed by atoms with van der Waals surface area (Å²) in [6.45, 7) is 10.9. The highest BCUT2D eigenvalue weighted by Crippen LogP contribution is 2.26. The van der Waals surface area contributed by atoms with Crippen molar-refractivity contribution in [1.82, 2.24) is 0 Å². The Balaban J connectivity index is 0.000000970. The second-order valence-electron chi connectivity index (χ2n) is 6.75. The molecule has 1 aromatic carbocycles. The molecule has 1 aliphatic rings. The Labute approximate surface area is 148 Å². The third-order valence-corrected chi connectivity index (χ3v) is 3.48. The van der Waals surface area contributed by atoms with Gasteiger partial charge in [-0.25, -0.2) is 4.79 Å². The van der Waals surface area contributed by atoms with Gasteiger partial charge in [-0.1, -0.05) is 0 Å². The maximum absolute atomic E-state index is 12.2. The summed E-state index contributed by atoms with van der Waals surface area (Å²) in [5.41, 5.74) is 2.58. The molecule has 25 heavy (non-hydrogen) atoms. The molecule has 1 aromatic rings. The predicted octanol–water partition coefficient (Wildman–Crippen LogP) is 2.62. The Bertz CT molecular complexity index is 612. The highest BCUT2D eigenvalue weighted by atomic mass is 16.6. The summed E-state index contributed by atoms with van der Waals surface area (Å²) in [6.07, 6.45) is -0.0916. The van der Waals surface area contributed by atoms with Crippen LogP contribution in [0.2, 0.25) is 0 Å². The minimum Gasteiger partial charge on any atom is -0.443 e. The van der Waals surface area contributed by atoms with Gasteiger partial charge in [-0.3, -0.25) is 4.90 Å². The van der Waals surface area contributed by atoms with Gasteiger partial charge >= 0.3 is 12.2 Å². The number of ether oxygens (including phenoxy) is 2. The van der Waals surface area contributed by atoms with E-state index in [9.17, 15) is 4.79 Å². The topological polar surface area (TPSA) is 76.2 Å². The third-order valence-electron chi connectivity index (χ3n) is 3.48. The molecule has 0 aliphatic carbocycles. The molecule has 1 aliphatic heterocycles. The monoisotopic (exact) mass is 350 g/mol. The third kappa shape index (κ3) is 6.95. The van der Waals surface area contributed by atoms with E-state index < -0.39 is 5.60 Å². The van der Waals surface area contributed by atoms with Crippen molar-refractivity contribution in [3.05, 3.63) is 23.8 Å². The molecule has 0 atom stereocenters. The van der Waals surface area contributed by atoms with Crippen LogP contribution in [-0.4, -0.2) is 51.2 Å². The van der Waals surface area contributed by atoms with Crippen molar-refractivity contribution in [2.45, 2.75) is 33.3 Å². The van der Waals surface area contributed by atoms with E-state index in [0.717, 1.165) is 43.2 Å². The van der Waals surface area contributed by atoms with Gasteiger partial charge in [0.05, 0.1) is 13.2 Å². The standard InChI is InChI=1S/C17H26N2O3.CO2/c1-13-10-14(18(5)16(20)22-17(2,3)4)12-15(11-13)19-6-8-21-9-7-19;2-1-3/h10-12H,6-9H2,1-5H3;. The number of amides is 1. The van der Waals surface area contributed by atoms with E-state index in [4.69, 9.17) is 19.1 Å². The molecule has 7 heteroatoms. The second-order valence-corrected chi connectivity index (χ2v) is 6.75. The van der Waals surface area contributed by atoms with Crippen molar-refractivity contribution in [2.24, 2.45) is 0 Å². The van der Waals surface area contributed by atoms with E-state index in [1.807, 2.05) is 39.8 Å². The van der Waals surface area contributed by atoms with Crippen LogP contribution in [-0.2, 0) is 19.1 Å². The highest BCUT2D eigenvalue weighted by molar-refractivity contribution is 5.88. The fraction of sp³-hybridized carbons (Fsp3) is 0.556. The van der Waals surface area contributed by atoms with E-state index in [-0.39, 0.29) is 12.2 Å². The number of rotatable bonds is 2. The van der Waals surface area contributed by atoms with Crippen LogP contribution in [0.5, 0.6) is 0 Å². The first-order valence-corrected chi connectivity index (χ1v) is 8.08. The number of aryl methyl sites for hydroxylation is 1. The van der Waals surface area contributed by atoms with Gasteiger partial charge in [0.25, 0.3) is 0 Å². The number of hydrogen-bond acceptors (Lipinski definition) is 6. The fourth-order valence-electron chi connectivity index (χ4n) is 2.38. The molecule has 0 unspecified atom stereocenters. The second kappa shape index (κ2) is 9.20. The molecule has 0 saturated carbocycles. The number of benzene rings is 1. The van der Waals surface area contributed by atoms with Crippen molar-refractivity contribution in [3.63, 3.8) is 0 Å². The summed E-state index contributed by atoms with van der Waals surface area (Å²) in [7, 11) is 1.74. The highest BCUT2D eigenvalue weighted by Gasteiger charge is 2.21. The number of nitrogens with zero attached hydrogens (tertiary/aromatic N) is 2. The van der Waals surface area contributed by atoms with Crippen LogP contribution in [0.4, 0.5) is 16.2 Å². The lowest BCUT2D eigenvalue weighted by Gasteiger charge is -2.30. The number of carbonyl (C=O) groups excluding carboxylic acids is 3. The first-order chi connectivity index (χ1) is 11.7. The van der Waals surface area contributed by atoms with Crippen LogP contribution in [0.15, 0.2) is 18.2 Å². The normalized spacial score (nSPS) is 14.0. The van der Waals surface area contributed by atoms with Crippen molar-refractivity contribution < 1.29 is 23.9 Å². The Morgan fingerprint density at radius 1 is 1.20 bits per heavy atom. The molecule has 1 heterocycles. The molecule has 138 valence electrons. The molecule has 0 aromatic heterocycles. The van der Waals surface area contributed by atoms with Crippen LogP contribution in [0.1, 0.15) is 26.3 Å². The molecule has 0 radical (unpaired) electrons. The summed E-state index contributed by atoms with van der Waals surface area (Å²) >= 11 is 0. The zero-order chi connectivity index (χ0) is 19.0. The lowest BCUT2D eigenvalue weighted by Crippen LogP contribution is -2.37. The van der Waals surface area contributed by atoms with E-state index in [1.165, 1.54) is 0 Å². The van der Waals surface area contributed by atoms with Crippen LogP contribution < -0.4 is 9.80 Å². The van der Waals surface area contributed by atoms with Crippen molar-refractivity contribution in [2.75, 3.05) is 43.2 Å². The summed E-state index contributed by atoms with van der Waals surface area (Å²) in [5.74, 6) is 0. The van der Waals surface area contributed by atoms with E-state index >= 15 is 0 Å². The quantitative estimate of drug-likeness (QED) is 0.816. The average molecular weight is 350 g/mol. The number of morpholine rings is 1. The lowest BCUT2D eigenvalue weighted by molar-refractivity contribution is -0.191. The molecular weight excluding hydrogens is 324 g/mol. The van der Waals surface area contributed by atoms with E-state index in [1.54, 1.807) is 11.9 Å². The summed E-state index contributed by atoms with van der Waals surface area (Å²) in [5, 5.41) is 0. The van der Waals surface area contributed by atoms with Gasteiger partial charge in [0, 0.05) is 31.5 Å². The maximum atomic E-state index is 12.2. The van der Waals surface area contributed by atoms with Gasteiger partial charge in [0.15, 0.2) is 0 Å². The molecule has 1 amide bonds. The molecule has 2 rings (SSSR count). The molecule has 0 spiro atoms. The first kappa shape index (κ1) is 20.7. The van der Waals surface area contributed by atoms with Gasteiger partial charge in [0.1, 0.15) is 5.60 Å². The SMILES string of the molecule is Cc1cc(N2CCOCC2)cc(N(C)C(=O)OC(C)(C)C)c1.O=C=O. The van der Waals surface area contributed by atoms with Crippen molar-refractivity contribution in [3.8, 4) is 0 Å². The number of anilines is 2. The predicted molar refractivity (Wildman–Crippen MR) is 93.9 cm³/mol. The number of hydrogen-bond donors (Lipinski definition) is 0. The van der Waals surface area contributed by atoms with Gasteiger partial charge in [-0.15, -0.1) is 0 Å². The smallest absolute Gasteiger partial charge is 0.414 e. The largest absolute Gasteiger partial charge is 0.443 e. The van der Waals surface area contributed by atoms with Gasteiger partial charge in [0.2, 0.25) is 0 Å². The lowest BCUT2D eigenvalue weighted by atomic mass is 10.1. The molecule has 0 bridgehead atoms. The van der Waals surface area contributed by atoms with Crippen LogP contribution in [0, 0.1) is 6.92 Å². The zero-order valence-corrected chi connectivity index (χ0v) is 15.5. The van der Waals surface area contributed by atoms with E-state index in [0.29, 0.717) is 0 Å². The maximum Gasteiger partial charge on any atom is 0.414 e. The van der Waals surface area contributed by atoms with Crippen LogP contribution in [0.25, 0.3) is 0 Å². The zero-order valence-electron chi connectivity index (χ0n) is 15.5. The van der Waals surface area contributed by atoms with Gasteiger partial charge in [-0.2, -0.15) is 9.59 Å². The fourth-order valence-corrected chi connectivity index (χ4v) is 2.38.